The summed E-state index contributed by atoms with van der Waals surface area (Å²) in [6.45, 7) is 0. The van der Waals surface area contributed by atoms with E-state index < -0.39 is 0 Å². The van der Waals surface area contributed by atoms with Crippen LogP contribution in [0.4, 0.5) is 0 Å². The summed E-state index contributed by atoms with van der Waals surface area (Å²) in [6.07, 6.45) is 1.34. The Morgan fingerprint density at radius 3 is 2.50 bits per heavy atom. The predicted molar refractivity (Wildman–Crippen MR) is 46.2 cm³/mol. The summed E-state index contributed by atoms with van der Waals surface area (Å²) in [7, 11) is 2.89. The molecule has 0 amide bonds. The van der Waals surface area contributed by atoms with E-state index in [1.807, 2.05) is 0 Å². The Kier molecular flexibility index (Phi) is 2.75. The second-order valence-corrected chi connectivity index (χ2v) is 2.89. The zero-order chi connectivity index (χ0) is 9.14. The van der Waals surface area contributed by atoms with E-state index >= 15 is 0 Å². The van der Waals surface area contributed by atoms with Crippen molar-refractivity contribution in [3.63, 3.8) is 0 Å². The number of hydrogen-bond acceptors (Lipinski definition) is 3. The van der Waals surface area contributed by atoms with Gasteiger partial charge in [-0.2, -0.15) is 0 Å². The Morgan fingerprint density at radius 1 is 1.42 bits per heavy atom. The van der Waals surface area contributed by atoms with Crippen LogP contribution in [0.15, 0.2) is 16.7 Å². The van der Waals surface area contributed by atoms with Gasteiger partial charge in [-0.1, -0.05) is 0 Å². The minimum absolute atomic E-state index is 0.145. The van der Waals surface area contributed by atoms with Crippen molar-refractivity contribution in [2.24, 2.45) is 0 Å². The van der Waals surface area contributed by atoms with Crippen LogP contribution in [-0.4, -0.2) is 14.2 Å². The summed E-state index contributed by atoms with van der Waals surface area (Å²) in [5.41, 5.74) is 0. The number of ether oxygens (including phenoxy) is 2. The molecule has 4 nitrogen and oxygen atoms in total. The van der Waals surface area contributed by atoms with E-state index in [0.717, 1.165) is 0 Å². The van der Waals surface area contributed by atoms with Gasteiger partial charge < -0.3 is 14.7 Å². The molecule has 0 aromatic carbocycles. The molecule has 0 N–H and O–H groups in total. The van der Waals surface area contributed by atoms with Gasteiger partial charge in [0.2, 0.25) is 5.75 Å². The van der Waals surface area contributed by atoms with Crippen LogP contribution in [0, 0.1) is 5.21 Å². The highest BCUT2D eigenvalue weighted by Gasteiger charge is 2.17. The molecule has 12 heavy (non-hydrogen) atoms. The fourth-order valence-electron chi connectivity index (χ4n) is 0.846. The molecule has 1 aromatic rings. The van der Waals surface area contributed by atoms with E-state index in [2.05, 4.69) is 15.9 Å². The van der Waals surface area contributed by atoms with Crippen LogP contribution in [0.1, 0.15) is 0 Å². The first-order chi connectivity index (χ1) is 5.70. The van der Waals surface area contributed by atoms with Gasteiger partial charge in [-0.3, -0.25) is 0 Å². The average Bonchev–Trinajstić information content (AvgIpc) is 2.08. The monoisotopic (exact) mass is 233 g/mol. The molecule has 0 spiro atoms. The Labute approximate surface area is 78.4 Å². The largest absolute Gasteiger partial charge is 0.616 e. The topological polar surface area (TPSA) is 45.4 Å². The SMILES string of the molecule is COc1c(Br)cc[n+]([O-])c1OC. The third-order valence-electron chi connectivity index (χ3n) is 1.37. The number of nitrogens with zero attached hydrogens (tertiary/aromatic N) is 1. The van der Waals surface area contributed by atoms with Gasteiger partial charge in [0.1, 0.15) is 0 Å². The van der Waals surface area contributed by atoms with Crippen molar-refractivity contribution >= 4 is 15.9 Å². The molecule has 66 valence electrons. The maximum atomic E-state index is 11.1. The lowest BCUT2D eigenvalue weighted by Crippen LogP contribution is -2.28. The zero-order valence-electron chi connectivity index (χ0n) is 6.70. The Bertz CT molecular complexity index is 261. The van der Waals surface area contributed by atoms with Crippen LogP contribution in [0.5, 0.6) is 11.6 Å². The fraction of sp³-hybridized carbons (Fsp3) is 0.286. The zero-order valence-corrected chi connectivity index (χ0v) is 8.29. The summed E-state index contributed by atoms with van der Waals surface area (Å²) in [4.78, 5) is 0. The van der Waals surface area contributed by atoms with Crippen molar-refractivity contribution in [1.29, 1.82) is 0 Å². The molecule has 1 heterocycles. The van der Waals surface area contributed by atoms with Gasteiger partial charge in [0, 0.05) is 6.07 Å². The maximum Gasteiger partial charge on any atom is 0.423 e. The number of halogens is 1. The predicted octanol–water partition coefficient (Wildman–Crippen LogP) is 1.10. The molecule has 0 aliphatic carbocycles. The van der Waals surface area contributed by atoms with Gasteiger partial charge in [0.15, 0.2) is 6.20 Å². The van der Waals surface area contributed by atoms with E-state index in [4.69, 9.17) is 9.47 Å². The molecule has 1 aromatic heterocycles. The second-order valence-electron chi connectivity index (χ2n) is 2.03. The Balaban J connectivity index is 3.28. The Hall–Kier alpha value is -0.970. The van der Waals surface area contributed by atoms with Crippen LogP contribution >= 0.6 is 15.9 Å². The van der Waals surface area contributed by atoms with Crippen molar-refractivity contribution in [3.05, 3.63) is 21.9 Å². The quantitative estimate of drug-likeness (QED) is 0.568. The van der Waals surface area contributed by atoms with Crippen LogP contribution in [-0.2, 0) is 0 Å². The van der Waals surface area contributed by atoms with Crippen molar-refractivity contribution in [3.8, 4) is 11.6 Å². The molecule has 0 unspecified atom stereocenters. The van der Waals surface area contributed by atoms with E-state index in [-0.39, 0.29) is 5.88 Å². The third-order valence-corrected chi connectivity index (χ3v) is 1.99. The van der Waals surface area contributed by atoms with Crippen LogP contribution in [0.25, 0.3) is 0 Å². The number of methoxy groups -OCH3 is 2. The summed E-state index contributed by atoms with van der Waals surface area (Å²) in [5.74, 6) is 0.543. The summed E-state index contributed by atoms with van der Waals surface area (Å²) in [5, 5.41) is 11.1. The highest BCUT2D eigenvalue weighted by Crippen LogP contribution is 2.30. The minimum atomic E-state index is 0.145. The smallest absolute Gasteiger partial charge is 0.423 e. The first kappa shape index (κ1) is 9.12. The molecule has 0 radical (unpaired) electrons. The number of pyridine rings is 1. The first-order valence-corrected chi connectivity index (χ1v) is 3.99. The van der Waals surface area contributed by atoms with Gasteiger partial charge in [0.05, 0.1) is 18.7 Å². The van der Waals surface area contributed by atoms with E-state index in [1.165, 1.54) is 20.4 Å². The van der Waals surface area contributed by atoms with Crippen LogP contribution in [0.3, 0.4) is 0 Å². The molecule has 0 aliphatic rings. The van der Waals surface area contributed by atoms with E-state index in [9.17, 15) is 5.21 Å². The molecule has 0 saturated heterocycles. The number of rotatable bonds is 2. The molecule has 0 bridgehead atoms. The van der Waals surface area contributed by atoms with Crippen molar-refractivity contribution < 1.29 is 14.2 Å². The molecule has 5 heteroatoms. The number of hydrogen-bond donors (Lipinski definition) is 0. The van der Waals surface area contributed by atoms with Crippen molar-refractivity contribution in [2.75, 3.05) is 14.2 Å². The molecule has 1 rings (SSSR count). The van der Waals surface area contributed by atoms with Crippen molar-refractivity contribution in [2.45, 2.75) is 0 Å². The lowest BCUT2D eigenvalue weighted by atomic mass is 10.4. The molecule has 0 fully saturated rings. The van der Waals surface area contributed by atoms with Gasteiger partial charge in [-0.05, 0) is 15.9 Å². The van der Waals surface area contributed by atoms with Gasteiger partial charge >= 0.3 is 5.88 Å². The summed E-state index contributed by atoms with van der Waals surface area (Å²) >= 11 is 3.23. The van der Waals surface area contributed by atoms with Gasteiger partial charge in [0.25, 0.3) is 0 Å². The highest BCUT2D eigenvalue weighted by atomic mass is 79.9. The number of aromatic nitrogens is 1. The normalized spacial score (nSPS) is 9.58. The molecular formula is C7H8BrNO3. The molecular weight excluding hydrogens is 226 g/mol. The maximum absolute atomic E-state index is 11.1. The fourth-order valence-corrected chi connectivity index (χ4v) is 1.30. The third kappa shape index (κ3) is 1.45. The lowest BCUT2D eigenvalue weighted by molar-refractivity contribution is -0.612. The van der Waals surface area contributed by atoms with E-state index in [0.29, 0.717) is 15.0 Å². The van der Waals surface area contributed by atoms with Gasteiger partial charge in [-0.15, -0.1) is 4.73 Å². The van der Waals surface area contributed by atoms with E-state index in [1.54, 1.807) is 6.07 Å². The average molecular weight is 234 g/mol. The standard InChI is InChI=1S/C7H8BrNO3/c1-11-6-5(8)3-4-9(10)7(6)12-2/h3-4H,1-2H3. The molecule has 0 atom stereocenters. The molecule has 0 saturated carbocycles. The summed E-state index contributed by atoms with van der Waals surface area (Å²) < 4.78 is 11.1. The van der Waals surface area contributed by atoms with Crippen LogP contribution in [0.2, 0.25) is 0 Å². The van der Waals surface area contributed by atoms with Gasteiger partial charge in [-0.25, -0.2) is 0 Å². The second kappa shape index (κ2) is 3.62. The first-order valence-electron chi connectivity index (χ1n) is 3.20. The Morgan fingerprint density at radius 2 is 2.08 bits per heavy atom. The minimum Gasteiger partial charge on any atom is -0.616 e. The lowest BCUT2D eigenvalue weighted by Gasteiger charge is -2.07. The van der Waals surface area contributed by atoms with Crippen LogP contribution < -0.4 is 14.2 Å². The molecule has 0 aliphatic heterocycles. The van der Waals surface area contributed by atoms with Crippen molar-refractivity contribution in [1.82, 2.24) is 0 Å². The summed E-state index contributed by atoms with van der Waals surface area (Å²) in [6, 6.07) is 1.59. The highest BCUT2D eigenvalue weighted by molar-refractivity contribution is 9.10.